The third-order valence-electron chi connectivity index (χ3n) is 8.60. The van der Waals surface area contributed by atoms with E-state index in [1.165, 1.54) is 14.0 Å². The van der Waals surface area contributed by atoms with Crippen LogP contribution in [0.15, 0.2) is 0 Å². The van der Waals surface area contributed by atoms with E-state index >= 15 is 0 Å². The maximum Gasteiger partial charge on any atom is 0.292 e. The third kappa shape index (κ3) is 8.68. The minimum absolute atomic E-state index is 0.0658. The van der Waals surface area contributed by atoms with Gasteiger partial charge in [0.05, 0.1) is 31.9 Å². The number of carbonyl (C=O) groups is 1. The van der Waals surface area contributed by atoms with Crippen molar-refractivity contribution in [1.29, 1.82) is 0 Å². The predicted molar refractivity (Wildman–Crippen MR) is 147 cm³/mol. The van der Waals surface area contributed by atoms with Crippen molar-refractivity contribution in [3.63, 3.8) is 0 Å². The van der Waals surface area contributed by atoms with Gasteiger partial charge < -0.3 is 81.9 Å². The standard InChI is InChI=1S/C26H48F2N4O13/c1-25(41)9-42-23(18(39)21(25)31-2)44-19-10(6-12(34)22(40)26(27,28)8-29)5-11(30)20(17(19)38)45-24-16(37)15(36)14(35)13(43-24)7-32-3-4-33/h10-11,13-24,31-33,35-41H,3-9,29-30H2,1-2H3/t10-,11-,13+,14+,15-,16+,17+,18+,19-,20?,21+,22?,23+,24+,25-/m0/s1. The maximum atomic E-state index is 14.0. The Bertz CT molecular complexity index is 959. The van der Waals surface area contributed by atoms with E-state index in [1.807, 2.05) is 0 Å². The smallest absolute Gasteiger partial charge is 0.292 e. The van der Waals surface area contributed by atoms with E-state index in [2.05, 4.69) is 10.6 Å². The number of rotatable bonds is 14. The molecule has 0 aromatic heterocycles. The lowest BCUT2D eigenvalue weighted by Gasteiger charge is -2.49. The monoisotopic (exact) mass is 662 g/mol. The Hall–Kier alpha value is -1.11. The van der Waals surface area contributed by atoms with E-state index in [0.29, 0.717) is 0 Å². The average Bonchev–Trinajstić information content (AvgIpc) is 2.98. The van der Waals surface area contributed by atoms with E-state index in [1.54, 1.807) is 0 Å². The highest BCUT2D eigenvalue weighted by Gasteiger charge is 2.54. The summed E-state index contributed by atoms with van der Waals surface area (Å²) in [6.07, 6.45) is -19.5. The molecule has 2 aliphatic heterocycles. The van der Waals surface area contributed by atoms with Crippen molar-refractivity contribution < 1.29 is 73.4 Å². The molecule has 2 saturated heterocycles. The molecule has 1 aliphatic carbocycles. The highest BCUT2D eigenvalue weighted by Crippen LogP contribution is 2.37. The second-order valence-electron chi connectivity index (χ2n) is 12.1. The Labute approximate surface area is 258 Å². The van der Waals surface area contributed by atoms with Gasteiger partial charge in [-0.05, 0) is 26.3 Å². The molecule has 19 heteroatoms. The number of hydrogen-bond donors (Lipinski definition) is 12. The Balaban J connectivity index is 1.86. The molecule has 15 atom stereocenters. The summed E-state index contributed by atoms with van der Waals surface area (Å²) in [5.41, 5.74) is 9.75. The second-order valence-corrected chi connectivity index (χ2v) is 12.1. The van der Waals surface area contributed by atoms with Crippen LogP contribution in [0.1, 0.15) is 19.8 Å². The molecular formula is C26H48F2N4O13. The fourth-order valence-electron chi connectivity index (χ4n) is 6.02. The van der Waals surface area contributed by atoms with Gasteiger partial charge in [-0.1, -0.05) is 0 Å². The molecule has 0 radical (unpaired) electrons. The summed E-state index contributed by atoms with van der Waals surface area (Å²) in [7, 11) is 1.47. The van der Waals surface area contributed by atoms with Gasteiger partial charge in [0.1, 0.15) is 48.3 Å². The van der Waals surface area contributed by atoms with Gasteiger partial charge in [0.25, 0.3) is 5.92 Å². The molecule has 14 N–H and O–H groups in total. The largest absolute Gasteiger partial charge is 0.395 e. The van der Waals surface area contributed by atoms with Crippen LogP contribution in [0.2, 0.25) is 0 Å². The first kappa shape index (κ1) is 38.3. The molecule has 3 rings (SSSR count). The molecule has 264 valence electrons. The number of ether oxygens (including phenoxy) is 4. The van der Waals surface area contributed by atoms with Crippen molar-refractivity contribution in [2.24, 2.45) is 17.4 Å². The molecule has 1 saturated carbocycles. The molecule has 2 heterocycles. The van der Waals surface area contributed by atoms with Crippen LogP contribution in [0, 0.1) is 5.92 Å². The van der Waals surface area contributed by atoms with Gasteiger partial charge in [-0.15, -0.1) is 0 Å². The average molecular weight is 663 g/mol. The van der Waals surface area contributed by atoms with Gasteiger partial charge in [-0.25, -0.2) is 8.78 Å². The van der Waals surface area contributed by atoms with E-state index in [9.17, 15) is 49.3 Å². The van der Waals surface area contributed by atoms with E-state index in [4.69, 9.17) is 35.5 Å². The normalized spacial score (nSPS) is 43.6. The second kappa shape index (κ2) is 15.9. The maximum absolute atomic E-state index is 14.0. The zero-order valence-electron chi connectivity index (χ0n) is 25.1. The molecule has 3 fully saturated rings. The number of aliphatic hydroxyl groups is 8. The van der Waals surface area contributed by atoms with Crippen molar-refractivity contribution in [2.75, 3.05) is 39.9 Å². The van der Waals surface area contributed by atoms with Crippen LogP contribution in [0.25, 0.3) is 0 Å². The summed E-state index contributed by atoms with van der Waals surface area (Å²) >= 11 is 0. The number of halogens is 2. The van der Waals surface area contributed by atoms with Gasteiger partial charge >= 0.3 is 0 Å². The van der Waals surface area contributed by atoms with Gasteiger partial charge in [-0.3, -0.25) is 4.79 Å². The zero-order chi connectivity index (χ0) is 33.9. The summed E-state index contributed by atoms with van der Waals surface area (Å²) in [5.74, 6) is -6.40. The number of nitrogens with one attached hydrogen (secondary N) is 2. The zero-order valence-corrected chi connectivity index (χ0v) is 25.1. The molecule has 0 bridgehead atoms. The summed E-state index contributed by atoms with van der Waals surface area (Å²) in [5, 5.41) is 88.8. The van der Waals surface area contributed by atoms with E-state index in [0.717, 1.165) is 0 Å². The highest BCUT2D eigenvalue weighted by molar-refractivity contribution is 5.84. The quantitative estimate of drug-likeness (QED) is 0.0770. The van der Waals surface area contributed by atoms with E-state index < -0.39 is 116 Å². The minimum atomic E-state index is -3.94. The van der Waals surface area contributed by atoms with Crippen molar-refractivity contribution in [1.82, 2.24) is 10.6 Å². The van der Waals surface area contributed by atoms with Crippen LogP contribution in [0.5, 0.6) is 0 Å². The van der Waals surface area contributed by atoms with Gasteiger partial charge in [0.15, 0.2) is 24.5 Å². The fraction of sp³-hybridized carbons (Fsp3) is 0.962. The summed E-state index contributed by atoms with van der Waals surface area (Å²) < 4.78 is 51.0. The highest BCUT2D eigenvalue weighted by atomic mass is 19.3. The summed E-state index contributed by atoms with van der Waals surface area (Å²) in [6, 6.07) is -2.13. The van der Waals surface area contributed by atoms with Gasteiger partial charge in [0.2, 0.25) is 0 Å². The predicted octanol–water partition coefficient (Wildman–Crippen LogP) is -6.18. The van der Waals surface area contributed by atoms with Crippen LogP contribution < -0.4 is 22.1 Å². The van der Waals surface area contributed by atoms with Crippen molar-refractivity contribution in [3.8, 4) is 0 Å². The first-order valence-electron chi connectivity index (χ1n) is 14.7. The molecular weight excluding hydrogens is 614 g/mol. The van der Waals surface area contributed by atoms with E-state index in [-0.39, 0.29) is 32.7 Å². The molecule has 0 spiro atoms. The molecule has 0 aromatic carbocycles. The Morgan fingerprint density at radius 2 is 1.71 bits per heavy atom. The fourth-order valence-corrected chi connectivity index (χ4v) is 6.02. The van der Waals surface area contributed by atoms with Crippen LogP contribution in [0.3, 0.4) is 0 Å². The van der Waals surface area contributed by atoms with Crippen LogP contribution in [-0.4, -0.2) is 178 Å². The first-order chi connectivity index (χ1) is 21.0. The Morgan fingerprint density at radius 3 is 2.31 bits per heavy atom. The lowest BCUT2D eigenvalue weighted by atomic mass is 9.76. The Morgan fingerprint density at radius 1 is 1.07 bits per heavy atom. The SMILES string of the molecule is CN[C@@H]1[C@@H](O)[C@@H](O[C@H]2[C@H](CC(=O)C(O)C(F)(F)CN)C[C@H](N)C(O[C@H]3O[C@H](CNCCO)[C@@H](O)[C@H](O)[C@H]3O)[C@@H]2O)OC[C@]1(C)O. The number of aliphatic hydroxyl groups excluding tert-OH is 7. The lowest BCUT2D eigenvalue weighted by Crippen LogP contribution is -2.67. The number of carbonyl (C=O) groups excluding carboxylic acids is 1. The molecule has 17 nitrogen and oxygen atoms in total. The van der Waals surface area contributed by atoms with Gasteiger partial charge in [-0.2, -0.15) is 0 Å². The molecule has 0 aromatic rings. The third-order valence-corrected chi connectivity index (χ3v) is 8.60. The first-order valence-corrected chi connectivity index (χ1v) is 14.7. The van der Waals surface area contributed by atoms with Crippen LogP contribution in [-0.2, 0) is 23.7 Å². The molecule has 3 aliphatic rings. The van der Waals surface area contributed by atoms with Crippen molar-refractivity contribution in [3.05, 3.63) is 0 Å². The van der Waals surface area contributed by atoms with Crippen molar-refractivity contribution in [2.45, 2.75) is 111 Å². The number of ketones is 1. The molecule has 2 unspecified atom stereocenters. The molecule has 45 heavy (non-hydrogen) atoms. The molecule has 0 amide bonds. The topological polar surface area (TPSA) is 292 Å². The summed E-state index contributed by atoms with van der Waals surface area (Å²) in [4.78, 5) is 12.7. The van der Waals surface area contributed by atoms with Crippen LogP contribution >= 0.6 is 0 Å². The number of alkyl halides is 2. The number of likely N-dealkylation sites (N-methyl/N-ethyl adjacent to an activating group) is 1. The number of Topliss-reactive ketones (excluding diaryl/α,β-unsaturated/α-hetero) is 1. The lowest BCUT2D eigenvalue weighted by molar-refractivity contribution is -0.333. The minimum Gasteiger partial charge on any atom is -0.395 e. The van der Waals surface area contributed by atoms with Gasteiger partial charge in [0, 0.05) is 25.6 Å². The summed E-state index contributed by atoms with van der Waals surface area (Å²) in [6.45, 7) is -0.399. The Kier molecular flexibility index (Phi) is 13.5. The van der Waals surface area contributed by atoms with Crippen LogP contribution in [0.4, 0.5) is 8.78 Å². The number of nitrogens with two attached hydrogens (primary N) is 2. The van der Waals surface area contributed by atoms with Crippen molar-refractivity contribution >= 4 is 5.78 Å². The number of hydrogen-bond acceptors (Lipinski definition) is 17.